The molecule has 3 N–H and O–H groups in total. The Kier molecular flexibility index (Phi) is 4.29. The molecule has 5 heteroatoms. The van der Waals surface area contributed by atoms with Crippen LogP contribution in [0.5, 0.6) is 0 Å². The van der Waals surface area contributed by atoms with Gasteiger partial charge in [-0.15, -0.1) is 0 Å². The summed E-state index contributed by atoms with van der Waals surface area (Å²) in [5.74, 6) is -0.122. The largest absolute Gasteiger partial charge is 0.330 e. The van der Waals surface area contributed by atoms with Gasteiger partial charge in [-0.05, 0) is 24.8 Å². The van der Waals surface area contributed by atoms with Crippen LogP contribution in [0, 0.1) is 5.41 Å². The molecular formula is C11H21N3O2. The van der Waals surface area contributed by atoms with E-state index in [-0.39, 0.29) is 23.9 Å². The number of nitrogens with one attached hydrogen (secondary N) is 1. The number of nitrogens with two attached hydrogens (primary N) is 1. The third-order valence-electron chi connectivity index (χ3n) is 2.97. The van der Waals surface area contributed by atoms with Gasteiger partial charge in [-0.1, -0.05) is 20.3 Å². The molecule has 3 amide bonds. The first kappa shape index (κ1) is 13.0. The molecule has 0 radical (unpaired) electrons. The van der Waals surface area contributed by atoms with Gasteiger partial charge in [-0.3, -0.25) is 9.69 Å². The maximum Gasteiger partial charge on any atom is 0.324 e. The highest BCUT2D eigenvalue weighted by Crippen LogP contribution is 2.21. The molecule has 0 aromatic heterocycles. The lowest BCUT2D eigenvalue weighted by Gasteiger charge is -2.22. The zero-order chi connectivity index (χ0) is 12.2. The van der Waals surface area contributed by atoms with Crippen molar-refractivity contribution in [3.63, 3.8) is 0 Å². The predicted octanol–water partition coefficient (Wildman–Crippen LogP) is 0.693. The molecule has 1 heterocycles. The SMILES string of the molecule is CC(C)(CN)CCCCN1C(=O)CNC1=O. The topological polar surface area (TPSA) is 75.4 Å². The van der Waals surface area contributed by atoms with Crippen LogP contribution in [0.4, 0.5) is 4.79 Å². The zero-order valence-electron chi connectivity index (χ0n) is 10.1. The van der Waals surface area contributed by atoms with Gasteiger partial charge in [-0.25, -0.2) is 4.79 Å². The van der Waals surface area contributed by atoms with Gasteiger partial charge < -0.3 is 11.1 Å². The number of unbranched alkanes of at least 4 members (excludes halogenated alkanes) is 1. The minimum absolute atomic E-state index is 0.122. The number of imide groups is 1. The average Bonchev–Trinajstić information content (AvgIpc) is 2.55. The summed E-state index contributed by atoms with van der Waals surface area (Å²) in [7, 11) is 0. The number of amides is 3. The fourth-order valence-corrected chi connectivity index (χ4v) is 1.66. The van der Waals surface area contributed by atoms with Gasteiger partial charge in [-0.2, -0.15) is 0 Å². The molecule has 1 saturated heterocycles. The lowest BCUT2D eigenvalue weighted by Crippen LogP contribution is -2.32. The van der Waals surface area contributed by atoms with Gasteiger partial charge in [0, 0.05) is 6.54 Å². The van der Waals surface area contributed by atoms with E-state index in [0.717, 1.165) is 19.3 Å². The molecule has 5 nitrogen and oxygen atoms in total. The van der Waals surface area contributed by atoms with Crippen LogP contribution < -0.4 is 11.1 Å². The van der Waals surface area contributed by atoms with Crippen LogP contribution in [-0.4, -0.2) is 36.5 Å². The van der Waals surface area contributed by atoms with Gasteiger partial charge in [0.1, 0.15) is 0 Å². The number of urea groups is 1. The molecule has 1 rings (SSSR count). The smallest absolute Gasteiger partial charge is 0.324 e. The molecule has 1 fully saturated rings. The van der Waals surface area contributed by atoms with E-state index in [4.69, 9.17) is 5.73 Å². The normalized spacial score (nSPS) is 16.8. The quantitative estimate of drug-likeness (QED) is 0.518. The number of hydrogen-bond donors (Lipinski definition) is 2. The van der Waals surface area contributed by atoms with Crippen molar-refractivity contribution >= 4 is 11.9 Å². The van der Waals surface area contributed by atoms with Crippen molar-refractivity contribution in [3.8, 4) is 0 Å². The molecule has 0 atom stereocenters. The number of carbonyl (C=O) groups excluding carboxylic acids is 2. The predicted molar refractivity (Wildman–Crippen MR) is 61.8 cm³/mol. The van der Waals surface area contributed by atoms with Crippen molar-refractivity contribution in [2.45, 2.75) is 33.1 Å². The van der Waals surface area contributed by atoms with Crippen molar-refractivity contribution < 1.29 is 9.59 Å². The monoisotopic (exact) mass is 227 g/mol. The highest BCUT2D eigenvalue weighted by Gasteiger charge is 2.27. The summed E-state index contributed by atoms with van der Waals surface area (Å²) in [6.07, 6.45) is 2.86. The Morgan fingerprint density at radius 3 is 2.56 bits per heavy atom. The molecule has 0 aromatic carbocycles. The van der Waals surface area contributed by atoms with Crippen LogP contribution in [0.3, 0.4) is 0 Å². The average molecular weight is 227 g/mol. The summed E-state index contributed by atoms with van der Waals surface area (Å²) >= 11 is 0. The minimum atomic E-state index is -0.261. The highest BCUT2D eigenvalue weighted by atomic mass is 16.2. The third-order valence-corrected chi connectivity index (χ3v) is 2.97. The van der Waals surface area contributed by atoms with Crippen LogP contribution in [0.15, 0.2) is 0 Å². The first-order chi connectivity index (χ1) is 7.46. The maximum absolute atomic E-state index is 11.3. The van der Waals surface area contributed by atoms with Gasteiger partial charge >= 0.3 is 6.03 Å². The molecule has 0 unspecified atom stereocenters. The van der Waals surface area contributed by atoms with Crippen LogP contribution in [0.2, 0.25) is 0 Å². The van der Waals surface area contributed by atoms with E-state index in [1.165, 1.54) is 4.90 Å². The van der Waals surface area contributed by atoms with Crippen molar-refractivity contribution in [1.82, 2.24) is 10.2 Å². The van der Waals surface area contributed by atoms with Gasteiger partial charge in [0.05, 0.1) is 6.54 Å². The van der Waals surface area contributed by atoms with Crippen LogP contribution in [-0.2, 0) is 4.79 Å². The highest BCUT2D eigenvalue weighted by molar-refractivity contribution is 6.01. The fourth-order valence-electron chi connectivity index (χ4n) is 1.66. The lowest BCUT2D eigenvalue weighted by molar-refractivity contribution is -0.125. The molecular weight excluding hydrogens is 206 g/mol. The minimum Gasteiger partial charge on any atom is -0.330 e. The Morgan fingerprint density at radius 1 is 1.38 bits per heavy atom. The summed E-state index contributed by atoms with van der Waals surface area (Å²) < 4.78 is 0. The number of carbonyl (C=O) groups is 2. The molecule has 1 aliphatic rings. The Hall–Kier alpha value is -1.10. The summed E-state index contributed by atoms with van der Waals surface area (Å²) in [6, 6.07) is -0.261. The standard InChI is InChI=1S/C11H21N3O2/c1-11(2,8-12)5-3-4-6-14-9(15)7-13-10(14)16/h3-8,12H2,1-2H3,(H,13,16). The Balaban J connectivity index is 2.21. The second-order valence-corrected chi connectivity index (χ2v) is 5.03. The van der Waals surface area contributed by atoms with E-state index in [1.807, 2.05) is 0 Å². The maximum atomic E-state index is 11.3. The molecule has 0 spiro atoms. The first-order valence-corrected chi connectivity index (χ1v) is 5.74. The second-order valence-electron chi connectivity index (χ2n) is 5.03. The fraction of sp³-hybridized carbons (Fsp3) is 0.818. The molecule has 0 saturated carbocycles. The molecule has 0 aliphatic carbocycles. The molecule has 0 bridgehead atoms. The summed E-state index contributed by atoms with van der Waals surface area (Å²) in [4.78, 5) is 23.7. The van der Waals surface area contributed by atoms with Crippen molar-refractivity contribution in [3.05, 3.63) is 0 Å². The van der Waals surface area contributed by atoms with Gasteiger partial charge in [0.25, 0.3) is 0 Å². The number of hydrogen-bond acceptors (Lipinski definition) is 3. The van der Waals surface area contributed by atoms with Crippen LogP contribution >= 0.6 is 0 Å². The van der Waals surface area contributed by atoms with Crippen molar-refractivity contribution in [2.24, 2.45) is 11.1 Å². The number of nitrogens with zero attached hydrogens (tertiary/aromatic N) is 1. The summed E-state index contributed by atoms with van der Waals surface area (Å²) in [6.45, 7) is 5.58. The third kappa shape index (κ3) is 3.48. The Labute approximate surface area is 96.4 Å². The van der Waals surface area contributed by atoms with Gasteiger partial charge in [0.15, 0.2) is 0 Å². The first-order valence-electron chi connectivity index (χ1n) is 5.74. The molecule has 1 aliphatic heterocycles. The lowest BCUT2D eigenvalue weighted by atomic mass is 9.87. The van der Waals surface area contributed by atoms with E-state index in [0.29, 0.717) is 13.1 Å². The summed E-state index contributed by atoms with van der Waals surface area (Å²) in [5, 5.41) is 2.51. The Morgan fingerprint density at radius 2 is 2.06 bits per heavy atom. The van der Waals surface area contributed by atoms with Crippen LogP contribution in [0.1, 0.15) is 33.1 Å². The van der Waals surface area contributed by atoms with Crippen LogP contribution in [0.25, 0.3) is 0 Å². The Bertz CT molecular complexity index is 260. The van der Waals surface area contributed by atoms with E-state index in [2.05, 4.69) is 19.2 Å². The zero-order valence-corrected chi connectivity index (χ0v) is 10.1. The number of rotatable bonds is 6. The van der Waals surface area contributed by atoms with E-state index < -0.39 is 0 Å². The van der Waals surface area contributed by atoms with E-state index >= 15 is 0 Å². The van der Waals surface area contributed by atoms with Crippen molar-refractivity contribution in [1.29, 1.82) is 0 Å². The van der Waals surface area contributed by atoms with E-state index in [9.17, 15) is 9.59 Å². The summed E-state index contributed by atoms with van der Waals surface area (Å²) in [5.41, 5.74) is 5.78. The second kappa shape index (κ2) is 5.30. The van der Waals surface area contributed by atoms with E-state index in [1.54, 1.807) is 0 Å². The van der Waals surface area contributed by atoms with Gasteiger partial charge in [0.2, 0.25) is 5.91 Å². The molecule has 92 valence electrons. The van der Waals surface area contributed by atoms with Crippen molar-refractivity contribution in [2.75, 3.05) is 19.6 Å². The molecule has 16 heavy (non-hydrogen) atoms. The molecule has 0 aromatic rings.